The van der Waals surface area contributed by atoms with Gasteiger partial charge in [-0.1, -0.05) is 34.1 Å². The molecule has 0 aliphatic carbocycles. The van der Waals surface area contributed by atoms with Crippen molar-refractivity contribution in [1.82, 2.24) is 5.32 Å². The summed E-state index contributed by atoms with van der Waals surface area (Å²) in [6, 6.07) is 11.2. The van der Waals surface area contributed by atoms with Crippen molar-refractivity contribution in [3.8, 4) is 0 Å². The molecule has 1 N–H and O–H groups in total. The Morgan fingerprint density at radius 2 is 2.00 bits per heavy atom. The third-order valence-electron chi connectivity index (χ3n) is 2.78. The summed E-state index contributed by atoms with van der Waals surface area (Å²) in [7, 11) is 0. The lowest BCUT2D eigenvalue weighted by molar-refractivity contribution is -0.384. The Hall–Kier alpha value is -1.79. The molecule has 4 nitrogen and oxygen atoms in total. The molecule has 0 spiro atoms. The van der Waals surface area contributed by atoms with E-state index in [0.717, 1.165) is 5.56 Å². The van der Waals surface area contributed by atoms with Crippen LogP contribution in [0.15, 0.2) is 46.9 Å². The van der Waals surface area contributed by atoms with E-state index in [2.05, 4.69) is 21.2 Å². The summed E-state index contributed by atoms with van der Waals surface area (Å²) in [5.74, 6) is -0.286. The molecule has 0 saturated heterocycles. The second-order valence-corrected chi connectivity index (χ2v) is 5.18. The summed E-state index contributed by atoms with van der Waals surface area (Å²) in [5.41, 5.74) is 1.40. The third-order valence-corrected chi connectivity index (χ3v) is 3.27. The molecule has 0 bridgehead atoms. The molecule has 0 aliphatic rings. The lowest BCUT2D eigenvalue weighted by Crippen LogP contribution is -2.13. The van der Waals surface area contributed by atoms with Crippen LogP contribution in [0.2, 0.25) is 0 Å². The van der Waals surface area contributed by atoms with Gasteiger partial charge in [-0.05, 0) is 17.7 Å². The van der Waals surface area contributed by atoms with Gasteiger partial charge in [0.2, 0.25) is 0 Å². The van der Waals surface area contributed by atoms with E-state index >= 15 is 0 Å². The molecule has 0 amide bonds. The Morgan fingerprint density at radius 3 is 2.70 bits per heavy atom. The first kappa shape index (κ1) is 14.6. The number of hydrogen-bond acceptors (Lipinski definition) is 3. The van der Waals surface area contributed by atoms with Gasteiger partial charge in [0.15, 0.2) is 0 Å². The van der Waals surface area contributed by atoms with Crippen molar-refractivity contribution in [2.75, 3.05) is 0 Å². The average molecular weight is 339 g/mol. The molecule has 6 heteroatoms. The van der Waals surface area contributed by atoms with Gasteiger partial charge in [0.05, 0.1) is 4.92 Å². The van der Waals surface area contributed by atoms with E-state index < -0.39 is 4.92 Å². The summed E-state index contributed by atoms with van der Waals surface area (Å²) in [4.78, 5) is 10.2. The summed E-state index contributed by atoms with van der Waals surface area (Å²) < 4.78 is 14.3. The zero-order valence-corrected chi connectivity index (χ0v) is 12.1. The van der Waals surface area contributed by atoms with Gasteiger partial charge in [0.25, 0.3) is 5.69 Å². The second-order valence-electron chi connectivity index (χ2n) is 4.27. The van der Waals surface area contributed by atoms with Crippen LogP contribution in [0.4, 0.5) is 10.1 Å². The Balaban J connectivity index is 1.96. The number of nitrogens with one attached hydrogen (secondary N) is 1. The van der Waals surface area contributed by atoms with Crippen LogP contribution in [-0.4, -0.2) is 4.92 Å². The SMILES string of the molecule is O=[N+]([O-])c1cccc(CNCc2ccc(Br)cc2F)c1. The number of hydrogen-bond donors (Lipinski definition) is 1. The molecule has 0 heterocycles. The summed E-state index contributed by atoms with van der Waals surface area (Å²) >= 11 is 3.20. The normalized spacial score (nSPS) is 10.5. The lowest BCUT2D eigenvalue weighted by Gasteiger charge is -2.06. The second kappa shape index (κ2) is 6.58. The topological polar surface area (TPSA) is 55.2 Å². The van der Waals surface area contributed by atoms with Gasteiger partial charge in [-0.25, -0.2) is 4.39 Å². The van der Waals surface area contributed by atoms with Crippen molar-refractivity contribution >= 4 is 21.6 Å². The smallest absolute Gasteiger partial charge is 0.269 e. The van der Waals surface area contributed by atoms with E-state index in [9.17, 15) is 14.5 Å². The first-order valence-corrected chi connectivity index (χ1v) is 6.73. The zero-order valence-electron chi connectivity index (χ0n) is 10.5. The van der Waals surface area contributed by atoms with Crippen LogP contribution in [0.1, 0.15) is 11.1 Å². The van der Waals surface area contributed by atoms with E-state index in [1.165, 1.54) is 18.2 Å². The van der Waals surface area contributed by atoms with Crippen molar-refractivity contribution in [2.24, 2.45) is 0 Å². The van der Waals surface area contributed by atoms with Crippen molar-refractivity contribution in [2.45, 2.75) is 13.1 Å². The van der Waals surface area contributed by atoms with E-state index in [0.29, 0.717) is 23.1 Å². The highest BCUT2D eigenvalue weighted by atomic mass is 79.9. The number of nitro groups is 1. The van der Waals surface area contributed by atoms with E-state index in [-0.39, 0.29) is 11.5 Å². The van der Waals surface area contributed by atoms with Gasteiger partial charge in [-0.3, -0.25) is 10.1 Å². The fourth-order valence-corrected chi connectivity index (χ4v) is 2.12. The van der Waals surface area contributed by atoms with Crippen molar-refractivity contribution < 1.29 is 9.31 Å². The number of rotatable bonds is 5. The highest BCUT2D eigenvalue weighted by molar-refractivity contribution is 9.10. The molecule has 0 saturated carbocycles. The van der Waals surface area contributed by atoms with Crippen LogP contribution in [0.3, 0.4) is 0 Å². The highest BCUT2D eigenvalue weighted by Crippen LogP contribution is 2.16. The van der Waals surface area contributed by atoms with E-state index in [1.54, 1.807) is 24.3 Å². The average Bonchev–Trinajstić information content (AvgIpc) is 2.41. The molecular formula is C14H12BrFN2O2. The van der Waals surface area contributed by atoms with Gasteiger partial charge in [-0.2, -0.15) is 0 Å². The Morgan fingerprint density at radius 1 is 1.20 bits per heavy atom. The molecule has 2 rings (SSSR count). The van der Waals surface area contributed by atoms with Crippen LogP contribution in [-0.2, 0) is 13.1 Å². The summed E-state index contributed by atoms with van der Waals surface area (Å²) in [6.07, 6.45) is 0. The summed E-state index contributed by atoms with van der Waals surface area (Å²) in [6.45, 7) is 0.805. The molecule has 0 radical (unpaired) electrons. The van der Waals surface area contributed by atoms with Gasteiger partial charge < -0.3 is 5.32 Å². The first-order valence-electron chi connectivity index (χ1n) is 5.94. The number of halogens is 2. The highest BCUT2D eigenvalue weighted by Gasteiger charge is 2.06. The minimum Gasteiger partial charge on any atom is -0.309 e. The maximum Gasteiger partial charge on any atom is 0.269 e. The minimum absolute atomic E-state index is 0.0547. The maximum atomic E-state index is 13.6. The van der Waals surface area contributed by atoms with Gasteiger partial charge in [0.1, 0.15) is 5.82 Å². The first-order chi connectivity index (χ1) is 9.56. The molecule has 20 heavy (non-hydrogen) atoms. The predicted octanol–water partition coefficient (Wildman–Crippen LogP) is 3.79. The predicted molar refractivity (Wildman–Crippen MR) is 77.7 cm³/mol. The molecule has 104 valence electrons. The van der Waals surface area contributed by atoms with Crippen LogP contribution in [0.25, 0.3) is 0 Å². The Labute approximate surface area is 123 Å². The minimum atomic E-state index is -0.433. The lowest BCUT2D eigenvalue weighted by atomic mass is 10.2. The molecule has 2 aromatic rings. The van der Waals surface area contributed by atoms with Crippen LogP contribution < -0.4 is 5.32 Å². The van der Waals surface area contributed by atoms with Crippen LogP contribution >= 0.6 is 15.9 Å². The number of benzene rings is 2. The van der Waals surface area contributed by atoms with Crippen LogP contribution in [0, 0.1) is 15.9 Å². The maximum absolute atomic E-state index is 13.6. The number of nitrogens with zero attached hydrogens (tertiary/aromatic N) is 1. The van der Waals surface area contributed by atoms with Gasteiger partial charge in [0, 0.05) is 35.3 Å². The van der Waals surface area contributed by atoms with Crippen molar-refractivity contribution in [1.29, 1.82) is 0 Å². The molecule has 2 aromatic carbocycles. The Kier molecular flexibility index (Phi) is 4.81. The quantitative estimate of drug-likeness (QED) is 0.666. The largest absolute Gasteiger partial charge is 0.309 e. The third kappa shape index (κ3) is 3.85. The molecule has 0 unspecified atom stereocenters. The van der Waals surface area contributed by atoms with Gasteiger partial charge in [-0.15, -0.1) is 0 Å². The van der Waals surface area contributed by atoms with E-state index in [1.807, 2.05) is 0 Å². The van der Waals surface area contributed by atoms with Crippen molar-refractivity contribution in [3.05, 3.63) is 74.0 Å². The van der Waals surface area contributed by atoms with Crippen LogP contribution in [0.5, 0.6) is 0 Å². The standard InChI is InChI=1S/C14H12BrFN2O2/c15-12-5-4-11(14(16)7-12)9-17-8-10-2-1-3-13(6-10)18(19)20/h1-7,17H,8-9H2. The number of non-ortho nitro benzene ring substituents is 1. The molecule has 0 fully saturated rings. The monoisotopic (exact) mass is 338 g/mol. The van der Waals surface area contributed by atoms with E-state index in [4.69, 9.17) is 0 Å². The molecule has 0 aromatic heterocycles. The van der Waals surface area contributed by atoms with Crippen molar-refractivity contribution in [3.63, 3.8) is 0 Å². The number of nitro benzene ring substituents is 1. The Bertz CT molecular complexity index is 634. The zero-order chi connectivity index (χ0) is 14.5. The molecular weight excluding hydrogens is 327 g/mol. The molecule has 0 aliphatic heterocycles. The molecule has 0 atom stereocenters. The summed E-state index contributed by atoms with van der Waals surface area (Å²) in [5, 5.41) is 13.7. The van der Waals surface area contributed by atoms with Gasteiger partial charge >= 0.3 is 0 Å². The fraction of sp³-hybridized carbons (Fsp3) is 0.143. The fourth-order valence-electron chi connectivity index (χ4n) is 1.79.